The third-order valence-electron chi connectivity index (χ3n) is 4.31. The molecule has 7 nitrogen and oxygen atoms in total. The summed E-state index contributed by atoms with van der Waals surface area (Å²) in [5.74, 6) is -0.973. The minimum atomic E-state index is -3.09. The molecule has 2 amide bonds. The number of rotatable bonds is 2. The van der Waals surface area contributed by atoms with Gasteiger partial charge in [0, 0.05) is 13.1 Å². The van der Waals surface area contributed by atoms with E-state index < -0.39 is 27.4 Å². The number of urea groups is 1. The molecule has 8 heteroatoms. The molecule has 0 aromatic carbocycles. The van der Waals surface area contributed by atoms with Gasteiger partial charge >= 0.3 is 12.0 Å². The molecule has 1 saturated carbocycles. The molecule has 1 saturated heterocycles. The van der Waals surface area contributed by atoms with Gasteiger partial charge in [-0.2, -0.15) is 0 Å². The fourth-order valence-electron chi connectivity index (χ4n) is 2.97. The predicted molar refractivity (Wildman–Crippen MR) is 76.8 cm³/mol. The van der Waals surface area contributed by atoms with Gasteiger partial charge in [0.2, 0.25) is 0 Å². The van der Waals surface area contributed by atoms with Crippen LogP contribution in [0.15, 0.2) is 0 Å². The zero-order valence-corrected chi connectivity index (χ0v) is 12.8. The number of carboxylic acids is 1. The molecule has 120 valence electrons. The van der Waals surface area contributed by atoms with Gasteiger partial charge in [-0.3, -0.25) is 0 Å². The summed E-state index contributed by atoms with van der Waals surface area (Å²) in [5, 5.41) is 12.1. The lowest BCUT2D eigenvalue weighted by Crippen LogP contribution is -2.59. The van der Waals surface area contributed by atoms with Crippen molar-refractivity contribution in [2.24, 2.45) is 0 Å². The molecule has 0 radical (unpaired) electrons. The quantitative estimate of drug-likeness (QED) is 0.776. The van der Waals surface area contributed by atoms with E-state index >= 15 is 0 Å². The molecule has 21 heavy (non-hydrogen) atoms. The Morgan fingerprint density at radius 2 is 1.67 bits per heavy atom. The van der Waals surface area contributed by atoms with Crippen molar-refractivity contribution in [1.29, 1.82) is 0 Å². The number of amides is 2. The van der Waals surface area contributed by atoms with Crippen LogP contribution in [-0.2, 0) is 14.6 Å². The fourth-order valence-corrected chi connectivity index (χ4v) is 4.24. The van der Waals surface area contributed by atoms with E-state index in [-0.39, 0.29) is 18.1 Å². The van der Waals surface area contributed by atoms with Gasteiger partial charge in [-0.05, 0) is 19.3 Å². The average Bonchev–Trinajstić information content (AvgIpc) is 2.60. The number of hydrogen-bond acceptors (Lipinski definition) is 4. The second kappa shape index (κ2) is 6.21. The SMILES string of the molecule is O=C(NC1(C(=O)O)CCCCC1)N1CCCS(=O)(=O)CC1. The summed E-state index contributed by atoms with van der Waals surface area (Å²) in [6.45, 7) is 0.477. The number of carbonyl (C=O) groups is 2. The van der Waals surface area contributed by atoms with Crippen molar-refractivity contribution < 1.29 is 23.1 Å². The minimum Gasteiger partial charge on any atom is -0.480 e. The summed E-state index contributed by atoms with van der Waals surface area (Å²) >= 11 is 0. The summed E-state index contributed by atoms with van der Waals surface area (Å²) in [6.07, 6.45) is 3.80. The van der Waals surface area contributed by atoms with E-state index in [0.717, 1.165) is 19.3 Å². The maximum absolute atomic E-state index is 12.3. The molecule has 2 aliphatic rings. The van der Waals surface area contributed by atoms with Crippen LogP contribution in [0.4, 0.5) is 4.79 Å². The van der Waals surface area contributed by atoms with Crippen LogP contribution in [0.25, 0.3) is 0 Å². The molecule has 0 atom stereocenters. The lowest BCUT2D eigenvalue weighted by Gasteiger charge is -2.35. The number of sulfone groups is 1. The van der Waals surface area contributed by atoms with Gasteiger partial charge < -0.3 is 15.3 Å². The standard InChI is InChI=1S/C13H22N2O5S/c16-11(17)13(5-2-1-3-6-13)14-12(18)15-7-4-9-21(19,20)10-8-15/h1-10H2,(H,14,18)(H,16,17). The van der Waals surface area contributed by atoms with Crippen LogP contribution in [0.2, 0.25) is 0 Å². The highest BCUT2D eigenvalue weighted by Crippen LogP contribution is 2.28. The highest BCUT2D eigenvalue weighted by molar-refractivity contribution is 7.91. The summed E-state index contributed by atoms with van der Waals surface area (Å²) < 4.78 is 23.1. The third kappa shape index (κ3) is 3.87. The molecule has 0 aromatic rings. The molecule has 0 aromatic heterocycles. The Morgan fingerprint density at radius 1 is 1.00 bits per heavy atom. The van der Waals surface area contributed by atoms with E-state index in [1.54, 1.807) is 0 Å². The first-order chi connectivity index (χ1) is 9.85. The first kappa shape index (κ1) is 16.1. The van der Waals surface area contributed by atoms with Crippen molar-refractivity contribution in [3.63, 3.8) is 0 Å². The van der Waals surface area contributed by atoms with Crippen molar-refractivity contribution in [2.75, 3.05) is 24.6 Å². The number of nitrogens with zero attached hydrogens (tertiary/aromatic N) is 1. The Morgan fingerprint density at radius 3 is 2.29 bits per heavy atom. The normalized spacial score (nSPS) is 24.9. The predicted octanol–water partition coefficient (Wildman–Crippen LogP) is 0.604. The second-order valence-corrected chi connectivity index (χ2v) is 8.17. The Labute approximate surface area is 124 Å². The number of carbonyl (C=O) groups excluding carboxylic acids is 1. The molecule has 2 N–H and O–H groups in total. The molecule has 2 fully saturated rings. The lowest BCUT2D eigenvalue weighted by molar-refractivity contribution is -0.146. The summed E-state index contributed by atoms with van der Waals surface area (Å²) in [4.78, 5) is 25.3. The maximum atomic E-state index is 12.3. The molecule has 2 rings (SSSR count). The van der Waals surface area contributed by atoms with E-state index in [1.165, 1.54) is 4.90 Å². The largest absolute Gasteiger partial charge is 0.480 e. The lowest BCUT2D eigenvalue weighted by atomic mass is 9.82. The van der Waals surface area contributed by atoms with Crippen LogP contribution < -0.4 is 5.32 Å². The average molecular weight is 318 g/mol. The highest BCUT2D eigenvalue weighted by atomic mass is 32.2. The Balaban J connectivity index is 2.03. The van der Waals surface area contributed by atoms with E-state index in [2.05, 4.69) is 5.32 Å². The zero-order chi connectivity index (χ0) is 15.5. The summed E-state index contributed by atoms with van der Waals surface area (Å²) in [5.41, 5.74) is -1.19. The van der Waals surface area contributed by atoms with Gasteiger partial charge in [0.25, 0.3) is 0 Å². The molecule has 0 unspecified atom stereocenters. The molecule has 1 heterocycles. The summed E-state index contributed by atoms with van der Waals surface area (Å²) in [7, 11) is -3.09. The van der Waals surface area contributed by atoms with Crippen molar-refractivity contribution in [3.05, 3.63) is 0 Å². The van der Waals surface area contributed by atoms with E-state index in [1.807, 2.05) is 0 Å². The Hall–Kier alpha value is -1.31. The Kier molecular flexibility index (Phi) is 4.75. The van der Waals surface area contributed by atoms with Gasteiger partial charge in [0.05, 0.1) is 11.5 Å². The van der Waals surface area contributed by atoms with Crippen LogP contribution in [0.5, 0.6) is 0 Å². The minimum absolute atomic E-state index is 0.0551. The number of aliphatic carboxylic acids is 1. The van der Waals surface area contributed by atoms with Gasteiger partial charge in [-0.15, -0.1) is 0 Å². The third-order valence-corrected chi connectivity index (χ3v) is 6.02. The van der Waals surface area contributed by atoms with Crippen LogP contribution in [0.3, 0.4) is 0 Å². The monoisotopic (exact) mass is 318 g/mol. The molecular weight excluding hydrogens is 296 g/mol. The van der Waals surface area contributed by atoms with Crippen LogP contribution in [0.1, 0.15) is 38.5 Å². The van der Waals surface area contributed by atoms with E-state index in [0.29, 0.717) is 25.8 Å². The van der Waals surface area contributed by atoms with E-state index in [4.69, 9.17) is 0 Å². The second-order valence-electron chi connectivity index (χ2n) is 5.87. The molecule has 0 spiro atoms. The molecule has 0 bridgehead atoms. The van der Waals surface area contributed by atoms with Crippen molar-refractivity contribution in [3.8, 4) is 0 Å². The van der Waals surface area contributed by atoms with Gasteiger partial charge in [0.15, 0.2) is 9.84 Å². The first-order valence-electron chi connectivity index (χ1n) is 7.36. The van der Waals surface area contributed by atoms with Crippen molar-refractivity contribution >= 4 is 21.8 Å². The van der Waals surface area contributed by atoms with Crippen LogP contribution in [0, 0.1) is 0 Å². The van der Waals surface area contributed by atoms with Crippen LogP contribution >= 0.6 is 0 Å². The maximum Gasteiger partial charge on any atom is 0.329 e. The molecule has 1 aliphatic heterocycles. The highest BCUT2D eigenvalue weighted by Gasteiger charge is 2.42. The van der Waals surface area contributed by atoms with Gasteiger partial charge in [-0.1, -0.05) is 19.3 Å². The first-order valence-corrected chi connectivity index (χ1v) is 9.18. The topological polar surface area (TPSA) is 104 Å². The number of carboxylic acid groups (broad SMARTS) is 1. The number of hydrogen-bond donors (Lipinski definition) is 2. The Bertz CT molecular complexity index is 511. The van der Waals surface area contributed by atoms with Gasteiger partial charge in [-0.25, -0.2) is 18.0 Å². The van der Waals surface area contributed by atoms with Crippen LogP contribution in [-0.4, -0.2) is 60.6 Å². The van der Waals surface area contributed by atoms with Crippen molar-refractivity contribution in [1.82, 2.24) is 10.2 Å². The van der Waals surface area contributed by atoms with Gasteiger partial charge in [0.1, 0.15) is 5.54 Å². The fraction of sp³-hybridized carbons (Fsp3) is 0.846. The molecule has 1 aliphatic carbocycles. The van der Waals surface area contributed by atoms with E-state index in [9.17, 15) is 23.1 Å². The number of nitrogens with one attached hydrogen (secondary N) is 1. The zero-order valence-electron chi connectivity index (χ0n) is 12.0. The summed E-state index contributed by atoms with van der Waals surface area (Å²) in [6, 6.07) is -0.462. The molecular formula is C13H22N2O5S. The van der Waals surface area contributed by atoms with Crippen molar-refractivity contribution in [2.45, 2.75) is 44.1 Å². The smallest absolute Gasteiger partial charge is 0.329 e.